The van der Waals surface area contributed by atoms with Crippen LogP contribution >= 0.6 is 0 Å². The lowest BCUT2D eigenvalue weighted by Gasteiger charge is -2.18. The Balaban J connectivity index is 1.23. The van der Waals surface area contributed by atoms with E-state index in [0.29, 0.717) is 25.8 Å². The largest absolute Gasteiger partial charge is 0.446 e. The molecule has 0 aliphatic carbocycles. The van der Waals surface area contributed by atoms with Crippen molar-refractivity contribution >= 4 is 17.7 Å². The Morgan fingerprint density at radius 1 is 0.653 bits per heavy atom. The number of carbonyl (C=O) groups is 3. The number of amides is 3. The van der Waals surface area contributed by atoms with Crippen molar-refractivity contribution in [2.45, 2.75) is 52.1 Å². The molecule has 12 bridgehead atoms. The van der Waals surface area contributed by atoms with Crippen molar-refractivity contribution in [3.8, 4) is 46.3 Å². The molecule has 0 saturated heterocycles. The number of unbranched alkanes of at least 4 members (excludes halogenated alkanes) is 1. The second kappa shape index (κ2) is 13.1. The Labute approximate surface area is 276 Å². The van der Waals surface area contributed by atoms with Crippen molar-refractivity contribution in [2.75, 3.05) is 6.54 Å². The average molecular weight is 672 g/mol. The van der Waals surface area contributed by atoms with Crippen LogP contribution in [0.15, 0.2) is 64.1 Å². The molecule has 3 N–H and O–H groups in total. The third kappa shape index (κ3) is 6.60. The molecular formula is C31H29N9O9. The first-order valence-electron chi connectivity index (χ1n) is 15.3. The topological polar surface area (TPSA) is 243 Å². The summed E-state index contributed by atoms with van der Waals surface area (Å²) in [6.07, 6.45) is 9.38. The van der Waals surface area contributed by atoms with E-state index in [0.717, 1.165) is 0 Å². The lowest BCUT2D eigenvalue weighted by atomic mass is 10.0. The van der Waals surface area contributed by atoms with Crippen LogP contribution in [0, 0.1) is 5.92 Å². The SMILES string of the molecule is CC(=O)NCCCCC1NC(=O)c2coc(n2)-c2coc(n2)-c2coc(n2)C(C(C)C)NC(=O)c2coc(n2)-c2coc(n2)-c2coc1n2. The molecule has 6 aromatic rings. The normalized spacial score (nSPS) is 16.2. The van der Waals surface area contributed by atoms with Crippen LogP contribution < -0.4 is 16.0 Å². The van der Waals surface area contributed by atoms with Crippen LogP contribution in [0.4, 0.5) is 0 Å². The Hall–Kier alpha value is -6.33. The molecule has 0 spiro atoms. The van der Waals surface area contributed by atoms with E-state index in [1.807, 2.05) is 13.8 Å². The molecular weight excluding hydrogens is 642 g/mol. The fraction of sp³-hybridized carbons (Fsp3) is 0.323. The second-order valence-corrected chi connectivity index (χ2v) is 11.5. The van der Waals surface area contributed by atoms with Gasteiger partial charge < -0.3 is 42.5 Å². The molecule has 18 heteroatoms. The summed E-state index contributed by atoms with van der Waals surface area (Å²) >= 11 is 0. The highest BCUT2D eigenvalue weighted by molar-refractivity contribution is 5.93. The van der Waals surface area contributed by atoms with Crippen LogP contribution in [0.2, 0.25) is 0 Å². The van der Waals surface area contributed by atoms with E-state index in [1.54, 1.807) is 0 Å². The van der Waals surface area contributed by atoms with Crippen LogP contribution in [-0.2, 0) is 4.79 Å². The van der Waals surface area contributed by atoms with Gasteiger partial charge in [0.05, 0.1) is 0 Å². The quantitative estimate of drug-likeness (QED) is 0.206. The second-order valence-electron chi connectivity index (χ2n) is 11.5. The molecule has 7 heterocycles. The van der Waals surface area contributed by atoms with E-state index >= 15 is 0 Å². The number of rotatable bonds is 6. The van der Waals surface area contributed by atoms with Gasteiger partial charge in [0, 0.05) is 13.5 Å². The molecule has 18 nitrogen and oxygen atoms in total. The Kier molecular flexibility index (Phi) is 8.33. The van der Waals surface area contributed by atoms with Crippen LogP contribution in [0.3, 0.4) is 0 Å². The van der Waals surface area contributed by atoms with Crippen molar-refractivity contribution in [1.82, 2.24) is 45.9 Å². The summed E-state index contributed by atoms with van der Waals surface area (Å²) in [5.74, 6) is -0.699. The van der Waals surface area contributed by atoms with E-state index in [2.05, 4.69) is 45.9 Å². The van der Waals surface area contributed by atoms with Gasteiger partial charge in [-0.15, -0.1) is 0 Å². The van der Waals surface area contributed by atoms with E-state index in [4.69, 9.17) is 26.5 Å². The zero-order valence-corrected chi connectivity index (χ0v) is 26.4. The van der Waals surface area contributed by atoms with Gasteiger partial charge in [0.15, 0.2) is 34.2 Å². The minimum absolute atomic E-state index is 0.00472. The van der Waals surface area contributed by atoms with Crippen molar-refractivity contribution in [1.29, 1.82) is 0 Å². The zero-order chi connectivity index (χ0) is 34.1. The van der Waals surface area contributed by atoms with Gasteiger partial charge >= 0.3 is 0 Å². The van der Waals surface area contributed by atoms with Gasteiger partial charge in [0.1, 0.15) is 49.7 Å². The molecule has 0 saturated carbocycles. The Bertz CT molecular complexity index is 2110. The number of oxazole rings is 6. The lowest BCUT2D eigenvalue weighted by Crippen LogP contribution is -2.32. The third-order valence-corrected chi connectivity index (χ3v) is 7.52. The molecule has 2 unspecified atom stereocenters. The summed E-state index contributed by atoms with van der Waals surface area (Å²) in [5.41, 5.74) is 0.896. The number of hydrogen-bond donors (Lipinski definition) is 3. The fourth-order valence-electron chi connectivity index (χ4n) is 5.00. The number of hydrogen-bond acceptors (Lipinski definition) is 15. The number of nitrogens with zero attached hydrogens (tertiary/aromatic N) is 6. The molecule has 0 fully saturated rings. The molecule has 7 rings (SSSR count). The minimum Gasteiger partial charge on any atom is -0.446 e. The van der Waals surface area contributed by atoms with Crippen molar-refractivity contribution in [2.24, 2.45) is 5.92 Å². The molecule has 252 valence electrons. The van der Waals surface area contributed by atoms with Gasteiger partial charge in [-0.25, -0.2) is 29.9 Å². The standard InChI is InChI=1S/C31H29N9O9/c1-14(2)23-31-39-22(13-49-31)30-38-19(12-48-30)27-34-17(8-44-27)24(42)33-16(6-4-5-7-32-15(3)41)26-36-21(10-46-26)29-37-20(11-47-29)28-35-18(9-45-28)25(43)40-23/h8-14,16,23H,4-7H2,1-3H3,(H,32,41)(H,33,42)(H,40,43). The first-order chi connectivity index (χ1) is 23.7. The van der Waals surface area contributed by atoms with E-state index in [9.17, 15) is 14.4 Å². The summed E-state index contributed by atoms with van der Waals surface area (Å²) in [6, 6.07) is -1.34. The Morgan fingerprint density at radius 3 is 1.65 bits per heavy atom. The first kappa shape index (κ1) is 31.3. The summed E-state index contributed by atoms with van der Waals surface area (Å²) in [7, 11) is 0. The maximum atomic E-state index is 13.4. The van der Waals surface area contributed by atoms with Crippen LogP contribution in [-0.4, -0.2) is 54.2 Å². The maximum Gasteiger partial charge on any atom is 0.273 e. The minimum atomic E-state index is -0.693. The third-order valence-electron chi connectivity index (χ3n) is 7.52. The number of nitrogens with one attached hydrogen (secondary N) is 3. The monoisotopic (exact) mass is 671 g/mol. The van der Waals surface area contributed by atoms with E-state index < -0.39 is 23.9 Å². The number of carbonyl (C=O) groups excluding carboxylic acids is 3. The number of aromatic nitrogens is 6. The van der Waals surface area contributed by atoms with Gasteiger partial charge in [-0.1, -0.05) is 13.8 Å². The fourth-order valence-corrected chi connectivity index (χ4v) is 5.00. The summed E-state index contributed by atoms with van der Waals surface area (Å²) < 4.78 is 33.8. The molecule has 2 atom stereocenters. The Morgan fingerprint density at radius 2 is 1.10 bits per heavy atom. The summed E-state index contributed by atoms with van der Waals surface area (Å²) in [4.78, 5) is 64.2. The predicted molar refractivity (Wildman–Crippen MR) is 163 cm³/mol. The van der Waals surface area contributed by atoms with Gasteiger partial charge in [-0.05, 0) is 25.2 Å². The van der Waals surface area contributed by atoms with Gasteiger partial charge in [-0.3, -0.25) is 14.4 Å². The average Bonchev–Trinajstić information content (AvgIpc) is 3.92. The van der Waals surface area contributed by atoms with E-state index in [1.165, 1.54) is 44.5 Å². The highest BCUT2D eigenvalue weighted by Crippen LogP contribution is 2.30. The predicted octanol–water partition coefficient (Wildman–Crippen LogP) is 4.50. The maximum absolute atomic E-state index is 13.4. The van der Waals surface area contributed by atoms with Crippen molar-refractivity contribution in [3.05, 3.63) is 60.7 Å². The van der Waals surface area contributed by atoms with Crippen LogP contribution in [0.25, 0.3) is 46.3 Å². The van der Waals surface area contributed by atoms with E-state index in [-0.39, 0.29) is 81.3 Å². The summed E-state index contributed by atoms with van der Waals surface area (Å²) in [6.45, 7) is 5.69. The summed E-state index contributed by atoms with van der Waals surface area (Å²) in [5, 5.41) is 8.52. The van der Waals surface area contributed by atoms with Gasteiger partial charge in [0.2, 0.25) is 41.3 Å². The molecule has 3 amide bonds. The first-order valence-corrected chi connectivity index (χ1v) is 15.3. The lowest BCUT2D eigenvalue weighted by molar-refractivity contribution is -0.118. The van der Waals surface area contributed by atoms with Gasteiger partial charge in [0.25, 0.3) is 11.8 Å². The molecule has 0 radical (unpaired) electrons. The zero-order valence-electron chi connectivity index (χ0n) is 26.4. The van der Waals surface area contributed by atoms with Crippen LogP contribution in [0.1, 0.15) is 84.9 Å². The molecule has 6 aromatic heterocycles. The van der Waals surface area contributed by atoms with Crippen LogP contribution in [0.5, 0.6) is 0 Å². The number of fused-ring (bicyclic) bond motifs is 16. The highest BCUT2D eigenvalue weighted by atomic mass is 16.4. The van der Waals surface area contributed by atoms with Crippen molar-refractivity contribution in [3.63, 3.8) is 0 Å². The van der Waals surface area contributed by atoms with Crippen molar-refractivity contribution < 1.29 is 40.9 Å². The highest BCUT2D eigenvalue weighted by Gasteiger charge is 2.29. The molecule has 1 aliphatic heterocycles. The molecule has 1 aliphatic rings. The van der Waals surface area contributed by atoms with Gasteiger partial charge in [-0.2, -0.15) is 0 Å². The smallest absolute Gasteiger partial charge is 0.273 e. The molecule has 49 heavy (non-hydrogen) atoms. The molecule has 0 aromatic carbocycles.